The van der Waals surface area contributed by atoms with Crippen LogP contribution in [0, 0.1) is 6.92 Å². The molecule has 2 aromatic heterocycles. The molecule has 2 aromatic rings. The van der Waals surface area contributed by atoms with Crippen molar-refractivity contribution in [3.05, 3.63) is 35.7 Å². The zero-order valence-corrected chi connectivity index (χ0v) is 8.32. The fourth-order valence-electron chi connectivity index (χ4n) is 1.64. The summed E-state index contributed by atoms with van der Waals surface area (Å²) in [6.07, 6.45) is 2.37. The second-order valence-corrected chi connectivity index (χ2v) is 3.47. The SMILES string of the molecule is CC(=O)Cc1c(C)nn2ccccc12. The summed E-state index contributed by atoms with van der Waals surface area (Å²) >= 11 is 0. The Balaban J connectivity index is 2.62. The largest absolute Gasteiger partial charge is 0.300 e. The molecule has 0 unspecified atom stereocenters. The van der Waals surface area contributed by atoms with Crippen LogP contribution in [0.4, 0.5) is 0 Å². The van der Waals surface area contributed by atoms with Gasteiger partial charge in [-0.05, 0) is 26.0 Å². The Hall–Kier alpha value is -1.64. The normalized spacial score (nSPS) is 10.7. The first-order valence-corrected chi connectivity index (χ1v) is 4.61. The zero-order valence-electron chi connectivity index (χ0n) is 8.32. The van der Waals surface area contributed by atoms with E-state index in [9.17, 15) is 4.79 Å². The van der Waals surface area contributed by atoms with Crippen molar-refractivity contribution in [2.24, 2.45) is 0 Å². The number of ketones is 1. The molecule has 0 fully saturated rings. The fraction of sp³-hybridized carbons (Fsp3) is 0.273. The highest BCUT2D eigenvalue weighted by atomic mass is 16.1. The molecule has 2 heterocycles. The summed E-state index contributed by atoms with van der Waals surface area (Å²) < 4.78 is 1.81. The summed E-state index contributed by atoms with van der Waals surface area (Å²) in [5, 5.41) is 4.33. The van der Waals surface area contributed by atoms with Crippen LogP contribution in [-0.2, 0) is 11.2 Å². The number of pyridine rings is 1. The van der Waals surface area contributed by atoms with Gasteiger partial charge >= 0.3 is 0 Å². The van der Waals surface area contributed by atoms with E-state index in [1.54, 1.807) is 6.92 Å². The molecule has 3 nitrogen and oxygen atoms in total. The van der Waals surface area contributed by atoms with Gasteiger partial charge in [-0.1, -0.05) is 6.07 Å². The number of Topliss-reactive ketones (excluding diaryl/α,β-unsaturated/α-hetero) is 1. The number of carbonyl (C=O) groups is 1. The van der Waals surface area contributed by atoms with E-state index in [0.717, 1.165) is 16.8 Å². The molecule has 0 amide bonds. The molecule has 0 saturated carbocycles. The summed E-state index contributed by atoms with van der Waals surface area (Å²) in [5.74, 6) is 0.173. The lowest BCUT2D eigenvalue weighted by molar-refractivity contribution is -0.116. The molecule has 0 aliphatic carbocycles. The summed E-state index contributed by atoms with van der Waals surface area (Å²) in [5.41, 5.74) is 3.00. The zero-order chi connectivity index (χ0) is 10.1. The van der Waals surface area contributed by atoms with Crippen molar-refractivity contribution in [3.63, 3.8) is 0 Å². The maximum atomic E-state index is 11.1. The van der Waals surface area contributed by atoms with Gasteiger partial charge in [0.2, 0.25) is 0 Å². The third-order valence-corrected chi connectivity index (χ3v) is 2.27. The van der Waals surface area contributed by atoms with Crippen LogP contribution in [0.25, 0.3) is 5.52 Å². The van der Waals surface area contributed by atoms with Crippen LogP contribution in [0.5, 0.6) is 0 Å². The second-order valence-electron chi connectivity index (χ2n) is 3.47. The Morgan fingerprint density at radius 2 is 2.29 bits per heavy atom. The maximum absolute atomic E-state index is 11.1. The molecule has 0 saturated heterocycles. The van der Waals surface area contributed by atoms with Crippen molar-refractivity contribution in [2.75, 3.05) is 0 Å². The van der Waals surface area contributed by atoms with Gasteiger partial charge in [-0.25, -0.2) is 4.52 Å². The molecule has 14 heavy (non-hydrogen) atoms. The monoisotopic (exact) mass is 188 g/mol. The molecule has 0 aromatic carbocycles. The van der Waals surface area contributed by atoms with Gasteiger partial charge in [0.25, 0.3) is 0 Å². The van der Waals surface area contributed by atoms with Gasteiger partial charge in [-0.3, -0.25) is 4.79 Å². The van der Waals surface area contributed by atoms with Gasteiger partial charge in [0.15, 0.2) is 0 Å². The Kier molecular flexibility index (Phi) is 2.08. The van der Waals surface area contributed by atoms with Gasteiger partial charge < -0.3 is 0 Å². The minimum absolute atomic E-state index is 0.173. The van der Waals surface area contributed by atoms with Gasteiger partial charge in [-0.15, -0.1) is 0 Å². The van der Waals surface area contributed by atoms with Crippen LogP contribution < -0.4 is 0 Å². The first-order valence-electron chi connectivity index (χ1n) is 4.61. The highest BCUT2D eigenvalue weighted by molar-refractivity contribution is 5.81. The van der Waals surface area contributed by atoms with E-state index in [2.05, 4.69) is 5.10 Å². The van der Waals surface area contributed by atoms with Crippen LogP contribution >= 0.6 is 0 Å². The molecule has 2 rings (SSSR count). The molecule has 0 atom stereocenters. The first kappa shape index (κ1) is 8.94. The Labute approximate surface area is 82.4 Å². The smallest absolute Gasteiger partial charge is 0.134 e. The van der Waals surface area contributed by atoms with Crippen molar-refractivity contribution in [2.45, 2.75) is 20.3 Å². The number of hydrogen-bond donors (Lipinski definition) is 0. The van der Waals surface area contributed by atoms with E-state index < -0.39 is 0 Å². The van der Waals surface area contributed by atoms with Crippen LogP contribution in [0.3, 0.4) is 0 Å². The molecule has 0 aliphatic heterocycles. The van der Waals surface area contributed by atoms with E-state index in [4.69, 9.17) is 0 Å². The molecule has 0 radical (unpaired) electrons. The van der Waals surface area contributed by atoms with Crippen molar-refractivity contribution < 1.29 is 4.79 Å². The number of carbonyl (C=O) groups excluding carboxylic acids is 1. The fourth-order valence-corrected chi connectivity index (χ4v) is 1.64. The van der Waals surface area contributed by atoms with Gasteiger partial charge in [-0.2, -0.15) is 5.10 Å². The molecule has 0 N–H and O–H groups in total. The van der Waals surface area contributed by atoms with E-state index in [1.807, 2.05) is 35.8 Å². The van der Waals surface area contributed by atoms with Crippen LogP contribution in [0.1, 0.15) is 18.2 Å². The average molecular weight is 188 g/mol. The molecule has 0 bridgehead atoms. The van der Waals surface area contributed by atoms with E-state index >= 15 is 0 Å². The molecule has 0 aliphatic rings. The third kappa shape index (κ3) is 1.41. The molecule has 72 valence electrons. The summed E-state index contributed by atoms with van der Waals surface area (Å²) in [7, 11) is 0. The number of nitrogens with zero attached hydrogens (tertiary/aromatic N) is 2. The molecular formula is C11H12N2O. The standard InChI is InChI=1S/C11H12N2O/c1-8(14)7-10-9(2)12-13-6-4-3-5-11(10)13/h3-6H,7H2,1-2H3. The van der Waals surface area contributed by atoms with E-state index in [1.165, 1.54) is 0 Å². The highest BCUT2D eigenvalue weighted by Gasteiger charge is 2.09. The number of aromatic nitrogens is 2. The minimum atomic E-state index is 0.173. The quantitative estimate of drug-likeness (QED) is 0.719. The molecular weight excluding hydrogens is 176 g/mol. The average Bonchev–Trinajstić information content (AvgIpc) is 2.43. The van der Waals surface area contributed by atoms with Crippen molar-refractivity contribution in [1.29, 1.82) is 0 Å². The van der Waals surface area contributed by atoms with E-state index in [0.29, 0.717) is 6.42 Å². The highest BCUT2D eigenvalue weighted by Crippen LogP contribution is 2.15. The van der Waals surface area contributed by atoms with Crippen LogP contribution in [-0.4, -0.2) is 15.4 Å². The number of rotatable bonds is 2. The Morgan fingerprint density at radius 3 is 3.00 bits per heavy atom. The topological polar surface area (TPSA) is 34.4 Å². The second kappa shape index (κ2) is 3.25. The number of aryl methyl sites for hydroxylation is 1. The lowest BCUT2D eigenvalue weighted by Crippen LogP contribution is -1.97. The van der Waals surface area contributed by atoms with Crippen molar-refractivity contribution in [3.8, 4) is 0 Å². The lowest BCUT2D eigenvalue weighted by Gasteiger charge is -1.95. The lowest BCUT2D eigenvalue weighted by atomic mass is 10.1. The predicted octanol–water partition coefficient (Wildman–Crippen LogP) is 1.77. The molecule has 0 spiro atoms. The Morgan fingerprint density at radius 1 is 1.50 bits per heavy atom. The van der Waals surface area contributed by atoms with Crippen LogP contribution in [0.15, 0.2) is 24.4 Å². The first-order chi connectivity index (χ1) is 6.68. The summed E-state index contributed by atoms with van der Waals surface area (Å²) in [6, 6.07) is 5.87. The minimum Gasteiger partial charge on any atom is -0.300 e. The number of fused-ring (bicyclic) bond motifs is 1. The summed E-state index contributed by atoms with van der Waals surface area (Å²) in [4.78, 5) is 11.1. The predicted molar refractivity (Wildman–Crippen MR) is 54.3 cm³/mol. The number of hydrogen-bond acceptors (Lipinski definition) is 2. The van der Waals surface area contributed by atoms with Gasteiger partial charge in [0.05, 0.1) is 11.2 Å². The van der Waals surface area contributed by atoms with Gasteiger partial charge in [0, 0.05) is 18.2 Å². The summed E-state index contributed by atoms with van der Waals surface area (Å²) in [6.45, 7) is 3.54. The van der Waals surface area contributed by atoms with Gasteiger partial charge in [0.1, 0.15) is 5.78 Å². The van der Waals surface area contributed by atoms with E-state index in [-0.39, 0.29) is 5.78 Å². The van der Waals surface area contributed by atoms with Crippen LogP contribution in [0.2, 0.25) is 0 Å². The maximum Gasteiger partial charge on any atom is 0.134 e. The van der Waals surface area contributed by atoms with Crippen molar-refractivity contribution >= 4 is 11.3 Å². The Bertz CT molecular complexity index is 485. The third-order valence-electron chi connectivity index (χ3n) is 2.27. The molecule has 3 heteroatoms. The van der Waals surface area contributed by atoms with Crippen molar-refractivity contribution in [1.82, 2.24) is 9.61 Å².